The van der Waals surface area contributed by atoms with Gasteiger partial charge in [0, 0.05) is 45.8 Å². The Morgan fingerprint density at radius 1 is 1.21 bits per heavy atom. The Labute approximate surface area is 176 Å². The smallest absolute Gasteiger partial charge is 0.224 e. The minimum atomic E-state index is 0.0770. The molecule has 0 spiro atoms. The molecule has 0 unspecified atom stereocenters. The summed E-state index contributed by atoms with van der Waals surface area (Å²) in [5, 5.41) is 7.38. The van der Waals surface area contributed by atoms with Crippen LogP contribution in [-0.4, -0.2) is 41.5 Å². The third-order valence-electron chi connectivity index (χ3n) is 4.28. The Bertz CT molecular complexity index is 804. The van der Waals surface area contributed by atoms with Crippen molar-refractivity contribution in [1.29, 1.82) is 0 Å². The molecule has 1 aromatic carbocycles. The fraction of sp³-hybridized carbons (Fsp3) is 0.400. The van der Waals surface area contributed by atoms with Crippen LogP contribution in [0.25, 0.3) is 0 Å². The first-order valence-electron chi connectivity index (χ1n) is 9.22. The quantitative estimate of drug-likeness (QED) is 0.504. The Morgan fingerprint density at radius 2 is 1.93 bits per heavy atom. The van der Waals surface area contributed by atoms with E-state index in [4.69, 9.17) is 23.2 Å². The van der Waals surface area contributed by atoms with E-state index in [1.165, 1.54) is 0 Å². The van der Waals surface area contributed by atoms with Crippen LogP contribution in [0.1, 0.15) is 24.6 Å². The number of aliphatic imine (C=N–C) groups is 1. The molecule has 0 saturated carbocycles. The molecule has 8 heteroatoms. The third-order valence-corrected chi connectivity index (χ3v) is 5.12. The molecule has 0 radical (unpaired) electrons. The summed E-state index contributed by atoms with van der Waals surface area (Å²) in [6.07, 6.45) is 0.384. The highest BCUT2D eigenvalue weighted by Gasteiger charge is 2.11. The van der Waals surface area contributed by atoms with Gasteiger partial charge < -0.3 is 20.1 Å². The van der Waals surface area contributed by atoms with Crippen LogP contribution in [0, 0.1) is 0 Å². The molecule has 0 bridgehead atoms. The zero-order chi connectivity index (χ0) is 20.5. The molecule has 0 fully saturated rings. The molecule has 0 aliphatic heterocycles. The van der Waals surface area contributed by atoms with Crippen molar-refractivity contribution in [2.75, 3.05) is 20.1 Å². The molecule has 0 saturated heterocycles. The summed E-state index contributed by atoms with van der Waals surface area (Å²) in [4.78, 5) is 18.6. The summed E-state index contributed by atoms with van der Waals surface area (Å²) >= 11 is 12.1. The van der Waals surface area contributed by atoms with Crippen molar-refractivity contribution in [3.05, 3.63) is 57.8 Å². The molecule has 2 aromatic rings. The Hall–Kier alpha value is -2.18. The molecule has 0 aliphatic rings. The van der Waals surface area contributed by atoms with E-state index in [0.29, 0.717) is 42.2 Å². The number of carbonyl (C=O) groups excluding carboxylic acids is 1. The van der Waals surface area contributed by atoms with Crippen molar-refractivity contribution < 1.29 is 4.79 Å². The van der Waals surface area contributed by atoms with Gasteiger partial charge in [0.2, 0.25) is 5.91 Å². The first kappa shape index (κ1) is 22.1. The molecule has 2 N–H and O–H groups in total. The molecule has 0 atom stereocenters. The zero-order valence-corrected chi connectivity index (χ0v) is 18.0. The Morgan fingerprint density at radius 3 is 2.54 bits per heavy atom. The maximum atomic E-state index is 12.3. The highest BCUT2D eigenvalue weighted by atomic mass is 35.5. The summed E-state index contributed by atoms with van der Waals surface area (Å²) in [7, 11) is 3.66. The van der Waals surface area contributed by atoms with Crippen molar-refractivity contribution in [3.63, 3.8) is 0 Å². The summed E-state index contributed by atoms with van der Waals surface area (Å²) in [5.74, 6) is 0.725. The number of benzene rings is 1. The number of nitrogens with one attached hydrogen (secondary N) is 2. The Kier molecular flexibility index (Phi) is 8.67. The average molecular weight is 424 g/mol. The largest absolute Gasteiger partial charge is 0.357 e. The van der Waals surface area contributed by atoms with Crippen LogP contribution in [0.4, 0.5) is 0 Å². The van der Waals surface area contributed by atoms with Gasteiger partial charge in [0.1, 0.15) is 5.15 Å². The zero-order valence-electron chi connectivity index (χ0n) is 16.5. The van der Waals surface area contributed by atoms with Gasteiger partial charge in [0.05, 0.1) is 11.6 Å². The van der Waals surface area contributed by atoms with Crippen molar-refractivity contribution in [3.8, 4) is 0 Å². The molecule has 1 heterocycles. The number of hydrogen-bond donors (Lipinski definition) is 2. The van der Waals surface area contributed by atoms with Gasteiger partial charge in [-0.2, -0.15) is 0 Å². The highest BCUT2D eigenvalue weighted by molar-refractivity contribution is 6.41. The second-order valence-corrected chi connectivity index (χ2v) is 7.21. The molecule has 1 aromatic heterocycles. The number of hydrogen-bond acceptors (Lipinski definition) is 2. The fourth-order valence-electron chi connectivity index (χ4n) is 2.67. The fourth-order valence-corrected chi connectivity index (χ4v) is 3.08. The van der Waals surface area contributed by atoms with E-state index >= 15 is 0 Å². The van der Waals surface area contributed by atoms with Gasteiger partial charge in [-0.25, -0.2) is 4.99 Å². The molecule has 0 aliphatic carbocycles. The number of nitrogens with zero attached hydrogens (tertiary/aromatic N) is 3. The average Bonchev–Trinajstić information content (AvgIpc) is 2.93. The molecule has 2 rings (SSSR count). The topological polar surface area (TPSA) is 61.7 Å². The molecular formula is C20H27Cl2N5O. The molecular weight excluding hydrogens is 397 g/mol. The number of rotatable bonds is 8. The molecule has 6 nitrogen and oxygen atoms in total. The number of amides is 1. The van der Waals surface area contributed by atoms with Crippen molar-refractivity contribution >= 4 is 35.1 Å². The monoisotopic (exact) mass is 423 g/mol. The van der Waals surface area contributed by atoms with E-state index in [2.05, 4.69) is 15.6 Å². The SMILES string of the molecule is CCNC(=NCc1cc(Cl)c(Cl)n1C)NCCC(=O)N(C)Cc1ccccc1. The lowest BCUT2D eigenvalue weighted by atomic mass is 10.2. The summed E-state index contributed by atoms with van der Waals surface area (Å²) in [5.41, 5.74) is 2.02. The second-order valence-electron chi connectivity index (χ2n) is 6.44. The van der Waals surface area contributed by atoms with Gasteiger partial charge in [-0.15, -0.1) is 0 Å². The Balaban J connectivity index is 1.84. The van der Waals surface area contributed by atoms with Crippen LogP contribution in [0.15, 0.2) is 41.4 Å². The molecule has 28 heavy (non-hydrogen) atoms. The van der Waals surface area contributed by atoms with Gasteiger partial charge >= 0.3 is 0 Å². The van der Waals surface area contributed by atoms with Crippen LogP contribution in [-0.2, 0) is 24.9 Å². The number of guanidine groups is 1. The lowest BCUT2D eigenvalue weighted by molar-refractivity contribution is -0.130. The van der Waals surface area contributed by atoms with Crippen LogP contribution in [0.3, 0.4) is 0 Å². The van der Waals surface area contributed by atoms with E-state index in [-0.39, 0.29) is 5.91 Å². The van der Waals surface area contributed by atoms with E-state index in [9.17, 15) is 4.79 Å². The first-order chi connectivity index (χ1) is 13.4. The lowest BCUT2D eigenvalue weighted by Gasteiger charge is -2.18. The van der Waals surface area contributed by atoms with Crippen molar-refractivity contribution in [2.24, 2.45) is 12.0 Å². The summed E-state index contributed by atoms with van der Waals surface area (Å²) in [6.45, 7) is 4.25. The summed E-state index contributed by atoms with van der Waals surface area (Å²) < 4.78 is 1.80. The molecule has 152 valence electrons. The van der Waals surface area contributed by atoms with Gasteiger partial charge in [-0.1, -0.05) is 53.5 Å². The van der Waals surface area contributed by atoms with E-state index < -0.39 is 0 Å². The van der Waals surface area contributed by atoms with E-state index in [0.717, 1.165) is 17.8 Å². The predicted octanol–water partition coefficient (Wildman–Crippen LogP) is 3.44. The maximum Gasteiger partial charge on any atom is 0.224 e. The first-order valence-corrected chi connectivity index (χ1v) is 9.97. The van der Waals surface area contributed by atoms with Gasteiger partial charge in [0.15, 0.2) is 5.96 Å². The predicted molar refractivity (Wildman–Crippen MR) is 116 cm³/mol. The van der Waals surface area contributed by atoms with Crippen LogP contribution < -0.4 is 10.6 Å². The number of carbonyl (C=O) groups is 1. The van der Waals surface area contributed by atoms with E-state index in [1.54, 1.807) is 15.5 Å². The van der Waals surface area contributed by atoms with Crippen LogP contribution in [0.5, 0.6) is 0 Å². The molecule has 1 amide bonds. The van der Waals surface area contributed by atoms with E-state index in [1.807, 2.05) is 51.4 Å². The standard InChI is InChI=1S/C20H27Cl2N5O/c1-4-23-20(25-13-16-12-17(21)19(22)27(16)3)24-11-10-18(28)26(2)14-15-8-6-5-7-9-15/h5-9,12H,4,10-11,13-14H2,1-3H3,(H2,23,24,25). The minimum absolute atomic E-state index is 0.0770. The van der Waals surface area contributed by atoms with Gasteiger partial charge in [-0.05, 0) is 18.6 Å². The van der Waals surface area contributed by atoms with Crippen LogP contribution >= 0.6 is 23.2 Å². The number of aromatic nitrogens is 1. The normalized spacial score (nSPS) is 11.4. The second kappa shape index (κ2) is 11.0. The van der Waals surface area contributed by atoms with Crippen molar-refractivity contribution in [2.45, 2.75) is 26.4 Å². The summed E-state index contributed by atoms with van der Waals surface area (Å²) in [6, 6.07) is 11.7. The third kappa shape index (κ3) is 6.46. The number of halogens is 2. The van der Waals surface area contributed by atoms with Gasteiger partial charge in [-0.3, -0.25) is 4.79 Å². The lowest BCUT2D eigenvalue weighted by Crippen LogP contribution is -2.39. The van der Waals surface area contributed by atoms with Crippen LogP contribution in [0.2, 0.25) is 10.2 Å². The van der Waals surface area contributed by atoms with Gasteiger partial charge in [0.25, 0.3) is 0 Å². The van der Waals surface area contributed by atoms with Crippen molar-refractivity contribution in [1.82, 2.24) is 20.1 Å². The maximum absolute atomic E-state index is 12.3. The highest BCUT2D eigenvalue weighted by Crippen LogP contribution is 2.25. The minimum Gasteiger partial charge on any atom is -0.357 e.